The maximum Gasteiger partial charge on any atom is 0.335 e. The van der Waals surface area contributed by atoms with Gasteiger partial charge in [0.2, 0.25) is 5.91 Å². The van der Waals surface area contributed by atoms with Gasteiger partial charge >= 0.3 is 5.97 Å². The number of aliphatic hydroxyl groups is 1. The Morgan fingerprint density at radius 2 is 2.13 bits per heavy atom. The minimum atomic E-state index is -1.59. The van der Waals surface area contributed by atoms with Crippen molar-refractivity contribution in [3.63, 3.8) is 0 Å². The van der Waals surface area contributed by atoms with E-state index in [1.165, 1.54) is 11.8 Å². The number of likely N-dealkylation sites (tertiary alicyclic amines) is 1. The summed E-state index contributed by atoms with van der Waals surface area (Å²) in [6.07, 6.45) is 1.11. The first-order valence-corrected chi connectivity index (χ1v) is 8.42. The molecule has 0 atom stereocenters. The fourth-order valence-electron chi connectivity index (χ4n) is 2.69. The van der Waals surface area contributed by atoms with Gasteiger partial charge in [-0.3, -0.25) is 4.79 Å². The number of carbonyl (C=O) groups excluding carboxylic acids is 1. The van der Waals surface area contributed by atoms with E-state index < -0.39 is 11.6 Å². The van der Waals surface area contributed by atoms with Crippen LogP contribution >= 0.6 is 11.8 Å². The van der Waals surface area contributed by atoms with Crippen LogP contribution in [0.3, 0.4) is 0 Å². The van der Waals surface area contributed by atoms with Gasteiger partial charge in [0.25, 0.3) is 0 Å². The van der Waals surface area contributed by atoms with E-state index in [4.69, 9.17) is 5.11 Å². The number of anilines is 1. The normalized spacial score (nSPS) is 20.7. The van der Waals surface area contributed by atoms with Crippen molar-refractivity contribution >= 4 is 29.3 Å². The van der Waals surface area contributed by atoms with Crippen LogP contribution in [-0.4, -0.2) is 68.2 Å². The molecular formula is C14H18N4O4S. The number of piperidine rings is 1. The standard InChI is InChI=1S/C14H18N4O4S/c19-11-8-23-12-10(15-11)7-9(16-17-12)1-4-18-5-2-14(22,3-6-18)13(20)21/h7,22H,1-6,8H2,(H,15,19)(H,20,21). The zero-order chi connectivity index (χ0) is 16.4. The molecular weight excluding hydrogens is 320 g/mol. The van der Waals surface area contributed by atoms with Gasteiger partial charge in [0.1, 0.15) is 5.03 Å². The van der Waals surface area contributed by atoms with Crippen molar-refractivity contribution in [3.05, 3.63) is 11.8 Å². The number of carboxylic acids is 1. The van der Waals surface area contributed by atoms with E-state index in [2.05, 4.69) is 20.4 Å². The lowest BCUT2D eigenvalue weighted by Crippen LogP contribution is -2.49. The summed E-state index contributed by atoms with van der Waals surface area (Å²) in [6.45, 7) is 1.78. The highest BCUT2D eigenvalue weighted by Gasteiger charge is 2.39. The number of amides is 1. The molecule has 0 aliphatic carbocycles. The Bertz CT molecular complexity index is 631. The van der Waals surface area contributed by atoms with Crippen LogP contribution in [0.2, 0.25) is 0 Å². The number of rotatable bonds is 4. The van der Waals surface area contributed by atoms with Gasteiger partial charge in [-0.25, -0.2) is 4.79 Å². The molecule has 0 aromatic carbocycles. The Morgan fingerprint density at radius 1 is 1.39 bits per heavy atom. The highest BCUT2D eigenvalue weighted by molar-refractivity contribution is 8.00. The summed E-state index contributed by atoms with van der Waals surface area (Å²) < 4.78 is 0. The maximum atomic E-state index is 11.4. The van der Waals surface area contributed by atoms with Gasteiger partial charge in [0.05, 0.1) is 17.1 Å². The molecule has 3 rings (SSSR count). The van der Waals surface area contributed by atoms with Gasteiger partial charge in [0.15, 0.2) is 5.60 Å². The van der Waals surface area contributed by atoms with Gasteiger partial charge in [-0.05, 0) is 18.9 Å². The lowest BCUT2D eigenvalue weighted by atomic mass is 9.91. The third kappa shape index (κ3) is 3.62. The maximum absolute atomic E-state index is 11.4. The van der Waals surface area contributed by atoms with Crippen molar-refractivity contribution < 1.29 is 19.8 Å². The highest BCUT2D eigenvalue weighted by atomic mass is 32.2. The topological polar surface area (TPSA) is 116 Å². The second kappa shape index (κ2) is 6.42. The first-order valence-electron chi connectivity index (χ1n) is 7.44. The van der Waals surface area contributed by atoms with E-state index in [0.717, 1.165) is 10.7 Å². The van der Waals surface area contributed by atoms with Crippen LogP contribution in [0.15, 0.2) is 11.1 Å². The predicted molar refractivity (Wildman–Crippen MR) is 83.3 cm³/mol. The van der Waals surface area contributed by atoms with Gasteiger partial charge in [0, 0.05) is 26.1 Å². The molecule has 1 aromatic rings. The van der Waals surface area contributed by atoms with Gasteiger partial charge < -0.3 is 20.4 Å². The second-order valence-electron chi connectivity index (χ2n) is 5.82. The summed E-state index contributed by atoms with van der Waals surface area (Å²) in [4.78, 5) is 24.5. The zero-order valence-corrected chi connectivity index (χ0v) is 13.3. The number of aromatic nitrogens is 2. The molecule has 0 unspecified atom stereocenters. The summed E-state index contributed by atoms with van der Waals surface area (Å²) in [6, 6.07) is 1.84. The summed E-state index contributed by atoms with van der Waals surface area (Å²) in [5.74, 6) is -0.822. The van der Waals surface area contributed by atoms with E-state index in [-0.39, 0.29) is 18.7 Å². The van der Waals surface area contributed by atoms with Crippen molar-refractivity contribution in [3.8, 4) is 0 Å². The second-order valence-corrected chi connectivity index (χ2v) is 6.78. The van der Waals surface area contributed by atoms with E-state index in [1.807, 2.05) is 6.07 Å². The molecule has 124 valence electrons. The molecule has 3 N–H and O–H groups in total. The van der Waals surface area contributed by atoms with Gasteiger partial charge in [-0.15, -0.1) is 5.10 Å². The molecule has 1 amide bonds. The average Bonchev–Trinajstić information content (AvgIpc) is 2.54. The van der Waals surface area contributed by atoms with Crippen molar-refractivity contribution in [1.29, 1.82) is 0 Å². The molecule has 23 heavy (non-hydrogen) atoms. The molecule has 8 nitrogen and oxygen atoms in total. The quantitative estimate of drug-likeness (QED) is 0.701. The molecule has 9 heteroatoms. The average molecular weight is 338 g/mol. The highest BCUT2D eigenvalue weighted by Crippen LogP contribution is 2.29. The predicted octanol–water partition coefficient (Wildman–Crippen LogP) is -0.0252. The molecule has 0 bridgehead atoms. The molecule has 2 aliphatic rings. The van der Waals surface area contributed by atoms with E-state index in [0.29, 0.717) is 37.5 Å². The van der Waals surface area contributed by atoms with Crippen molar-refractivity contribution in [2.24, 2.45) is 0 Å². The Balaban J connectivity index is 1.55. The van der Waals surface area contributed by atoms with Crippen LogP contribution in [0, 0.1) is 0 Å². The van der Waals surface area contributed by atoms with E-state index in [1.54, 1.807) is 0 Å². The summed E-state index contributed by atoms with van der Waals surface area (Å²) in [7, 11) is 0. The minimum absolute atomic E-state index is 0.0366. The number of carbonyl (C=O) groups is 2. The van der Waals surface area contributed by atoms with Crippen molar-refractivity contribution in [1.82, 2.24) is 15.1 Å². The Morgan fingerprint density at radius 3 is 2.83 bits per heavy atom. The molecule has 1 aromatic heterocycles. The Labute approximate surface area is 137 Å². The van der Waals surface area contributed by atoms with Gasteiger partial charge in [-0.1, -0.05) is 11.8 Å². The third-order valence-electron chi connectivity index (χ3n) is 4.19. The van der Waals surface area contributed by atoms with Crippen LogP contribution in [-0.2, 0) is 16.0 Å². The Hall–Kier alpha value is -1.71. The molecule has 3 heterocycles. The number of aliphatic carboxylic acids is 1. The van der Waals surface area contributed by atoms with Gasteiger partial charge in [-0.2, -0.15) is 5.10 Å². The van der Waals surface area contributed by atoms with Crippen LogP contribution < -0.4 is 5.32 Å². The number of nitrogens with one attached hydrogen (secondary N) is 1. The zero-order valence-electron chi connectivity index (χ0n) is 12.5. The van der Waals surface area contributed by atoms with E-state index >= 15 is 0 Å². The van der Waals surface area contributed by atoms with Crippen LogP contribution in [0.25, 0.3) is 0 Å². The monoisotopic (exact) mass is 338 g/mol. The number of nitrogens with zero attached hydrogens (tertiary/aromatic N) is 3. The SMILES string of the molecule is O=C1CSc2nnc(CCN3CCC(O)(C(=O)O)CC3)cc2N1. The lowest BCUT2D eigenvalue weighted by Gasteiger charge is -2.35. The van der Waals surface area contributed by atoms with E-state index in [9.17, 15) is 14.7 Å². The Kier molecular flexibility index (Phi) is 4.51. The summed E-state index contributed by atoms with van der Waals surface area (Å²) >= 11 is 1.37. The molecule has 0 radical (unpaired) electrons. The fourth-order valence-corrected chi connectivity index (χ4v) is 3.40. The lowest BCUT2D eigenvalue weighted by molar-refractivity contribution is -0.163. The number of thioether (sulfide) groups is 1. The van der Waals surface area contributed by atoms with Crippen molar-refractivity contribution in [2.75, 3.05) is 30.7 Å². The fraction of sp³-hybridized carbons (Fsp3) is 0.571. The first kappa shape index (κ1) is 16.2. The smallest absolute Gasteiger partial charge is 0.335 e. The molecule has 0 spiro atoms. The third-order valence-corrected chi connectivity index (χ3v) is 5.17. The first-order chi connectivity index (χ1) is 11.0. The number of fused-ring (bicyclic) bond motifs is 1. The molecule has 1 saturated heterocycles. The summed E-state index contributed by atoms with van der Waals surface area (Å²) in [5.41, 5.74) is -0.107. The number of hydrogen-bond donors (Lipinski definition) is 3. The van der Waals surface area contributed by atoms with Crippen LogP contribution in [0.1, 0.15) is 18.5 Å². The van der Waals surface area contributed by atoms with Crippen LogP contribution in [0.4, 0.5) is 5.69 Å². The van der Waals surface area contributed by atoms with Crippen molar-refractivity contribution in [2.45, 2.75) is 29.9 Å². The largest absolute Gasteiger partial charge is 0.479 e. The summed E-state index contributed by atoms with van der Waals surface area (Å²) in [5, 5.41) is 30.7. The molecule has 0 saturated carbocycles. The molecule has 2 aliphatic heterocycles. The minimum Gasteiger partial charge on any atom is -0.479 e. The molecule has 1 fully saturated rings. The number of hydrogen-bond acceptors (Lipinski definition) is 7. The number of carboxylic acid groups (broad SMARTS) is 1. The van der Waals surface area contributed by atoms with Crippen LogP contribution in [0.5, 0.6) is 0 Å².